The molecule has 0 bridgehead atoms. The van der Waals surface area contributed by atoms with Gasteiger partial charge in [-0.2, -0.15) is 0 Å². The van der Waals surface area contributed by atoms with Crippen LogP contribution in [0.1, 0.15) is 40.6 Å². The van der Waals surface area contributed by atoms with E-state index < -0.39 is 0 Å². The van der Waals surface area contributed by atoms with Crippen molar-refractivity contribution in [3.63, 3.8) is 0 Å². The maximum absolute atomic E-state index is 14.3. The van der Waals surface area contributed by atoms with Gasteiger partial charge in [-0.05, 0) is 54.8 Å². The molecule has 8 nitrogen and oxygen atoms in total. The molecule has 0 saturated heterocycles. The Labute approximate surface area is 239 Å². The summed E-state index contributed by atoms with van der Waals surface area (Å²) in [5, 5.41) is 4.76. The lowest BCUT2D eigenvalue weighted by Crippen LogP contribution is -2.38. The van der Waals surface area contributed by atoms with E-state index in [9.17, 15) is 9.59 Å². The van der Waals surface area contributed by atoms with Gasteiger partial charge in [0.25, 0.3) is 5.91 Å². The minimum Gasteiger partial charge on any atom is -0.360 e. The summed E-state index contributed by atoms with van der Waals surface area (Å²) in [5.41, 5.74) is 4.34. The van der Waals surface area contributed by atoms with Gasteiger partial charge in [-0.1, -0.05) is 47.1 Å². The van der Waals surface area contributed by atoms with E-state index in [1.807, 2.05) is 36.4 Å². The molecule has 0 fully saturated rings. The van der Waals surface area contributed by atoms with Crippen LogP contribution in [0, 0.1) is 6.92 Å². The van der Waals surface area contributed by atoms with Gasteiger partial charge < -0.3 is 14.3 Å². The molecule has 3 heterocycles. The van der Waals surface area contributed by atoms with Crippen molar-refractivity contribution in [2.75, 3.05) is 31.1 Å². The van der Waals surface area contributed by atoms with E-state index in [-0.39, 0.29) is 18.4 Å². The number of aromatic nitrogens is 2. The van der Waals surface area contributed by atoms with Crippen LogP contribution >= 0.6 is 11.6 Å². The summed E-state index contributed by atoms with van der Waals surface area (Å²) in [6, 6.07) is 19.4. The first-order valence-electron chi connectivity index (χ1n) is 13.4. The van der Waals surface area contributed by atoms with Crippen LogP contribution in [-0.4, -0.2) is 57.9 Å². The smallest absolute Gasteiger partial charge is 0.260 e. The summed E-state index contributed by atoms with van der Waals surface area (Å²) in [6.07, 6.45) is 4.13. The molecule has 2 amide bonds. The van der Waals surface area contributed by atoms with Crippen LogP contribution in [0.3, 0.4) is 0 Å². The zero-order valence-electron chi connectivity index (χ0n) is 22.7. The Morgan fingerprint density at radius 3 is 2.58 bits per heavy atom. The highest BCUT2D eigenvalue weighted by molar-refractivity contribution is 6.30. The van der Waals surface area contributed by atoms with Gasteiger partial charge in [0.2, 0.25) is 5.91 Å². The number of amides is 2. The van der Waals surface area contributed by atoms with Crippen LogP contribution in [0.25, 0.3) is 11.3 Å². The summed E-state index contributed by atoms with van der Waals surface area (Å²) >= 11 is 6.43. The van der Waals surface area contributed by atoms with Gasteiger partial charge in [0.05, 0.1) is 0 Å². The molecule has 0 saturated carbocycles. The highest BCUT2D eigenvalue weighted by Gasteiger charge is 2.29. The molecule has 4 aromatic rings. The molecule has 0 radical (unpaired) electrons. The maximum atomic E-state index is 14.3. The van der Waals surface area contributed by atoms with Gasteiger partial charge in [-0.15, -0.1) is 0 Å². The van der Waals surface area contributed by atoms with E-state index >= 15 is 0 Å². The average Bonchev–Trinajstić information content (AvgIpc) is 3.33. The average molecular weight is 558 g/mol. The summed E-state index contributed by atoms with van der Waals surface area (Å²) in [5.74, 6) is 0.192. The number of benzene rings is 2. The van der Waals surface area contributed by atoms with Crippen molar-refractivity contribution in [1.29, 1.82) is 0 Å². The number of carbonyl (C=O) groups excluding carboxylic acids is 2. The molecule has 2 aromatic heterocycles. The van der Waals surface area contributed by atoms with Crippen molar-refractivity contribution in [3.8, 4) is 11.3 Å². The topological polar surface area (TPSA) is 82.8 Å². The van der Waals surface area contributed by atoms with Crippen LogP contribution < -0.4 is 4.90 Å². The van der Waals surface area contributed by atoms with Crippen LogP contribution in [0.5, 0.6) is 0 Å². The molecule has 0 unspecified atom stereocenters. The number of hydrogen-bond donors (Lipinski definition) is 0. The molecule has 40 heavy (non-hydrogen) atoms. The van der Waals surface area contributed by atoms with E-state index in [1.165, 1.54) is 5.56 Å². The number of hydrogen-bond acceptors (Lipinski definition) is 6. The number of aryl methyl sites for hydroxylation is 1. The molecule has 1 aliphatic heterocycles. The van der Waals surface area contributed by atoms with E-state index in [0.717, 1.165) is 30.8 Å². The van der Waals surface area contributed by atoms with Crippen LogP contribution in [0.15, 0.2) is 77.6 Å². The molecule has 5 rings (SSSR count). The molecule has 206 valence electrons. The van der Waals surface area contributed by atoms with E-state index in [0.29, 0.717) is 47.2 Å². The number of halogens is 1. The van der Waals surface area contributed by atoms with Crippen molar-refractivity contribution >= 4 is 29.1 Å². The van der Waals surface area contributed by atoms with Gasteiger partial charge in [0, 0.05) is 74.9 Å². The summed E-state index contributed by atoms with van der Waals surface area (Å²) < 4.78 is 5.51. The van der Waals surface area contributed by atoms with Crippen LogP contribution in [0.4, 0.5) is 5.69 Å². The predicted molar refractivity (Wildman–Crippen MR) is 155 cm³/mol. The second kappa shape index (κ2) is 12.4. The van der Waals surface area contributed by atoms with Crippen molar-refractivity contribution in [3.05, 3.63) is 101 Å². The molecular formula is C31H32ClN5O3. The maximum Gasteiger partial charge on any atom is 0.260 e. The highest BCUT2D eigenvalue weighted by Crippen LogP contribution is 2.30. The lowest BCUT2D eigenvalue weighted by molar-refractivity contribution is -0.116. The monoisotopic (exact) mass is 557 g/mol. The van der Waals surface area contributed by atoms with Gasteiger partial charge in [-0.25, -0.2) is 0 Å². The lowest BCUT2D eigenvalue weighted by Gasteiger charge is -2.28. The molecule has 1 aliphatic rings. The highest BCUT2D eigenvalue weighted by atomic mass is 35.5. The second-order valence-electron chi connectivity index (χ2n) is 9.99. The Bertz CT molecular complexity index is 1480. The Morgan fingerprint density at radius 1 is 1.00 bits per heavy atom. The number of carbonyl (C=O) groups is 2. The van der Waals surface area contributed by atoms with E-state index in [2.05, 4.69) is 27.2 Å². The van der Waals surface area contributed by atoms with Crippen molar-refractivity contribution in [2.45, 2.75) is 33.4 Å². The first-order chi connectivity index (χ1) is 19.4. The van der Waals surface area contributed by atoms with Crippen molar-refractivity contribution in [2.24, 2.45) is 0 Å². The predicted octanol–water partition coefficient (Wildman–Crippen LogP) is 5.60. The number of nitrogens with zero attached hydrogens (tertiary/aromatic N) is 5. The number of anilines is 1. The molecule has 0 spiro atoms. The van der Waals surface area contributed by atoms with Gasteiger partial charge >= 0.3 is 0 Å². The summed E-state index contributed by atoms with van der Waals surface area (Å²) in [6.45, 7) is 6.80. The largest absolute Gasteiger partial charge is 0.360 e. The zero-order chi connectivity index (χ0) is 28.1. The minimum absolute atomic E-state index is 0.0518. The van der Waals surface area contributed by atoms with Gasteiger partial charge in [-0.3, -0.25) is 19.5 Å². The molecule has 0 N–H and O–H groups in total. The standard InChI is InChI=1S/C31H32ClN5O3/c1-22-29(30(34-40-22)25-10-6-13-33-19-25)31(39)36-17-16-35(20-24-8-4-3-5-9-24)14-7-15-37(23(2)38)28-12-11-27(32)18-26(28)21-36/h3-6,8-13,18-19H,7,14-17,20-21H2,1-2H3. The fourth-order valence-electron chi connectivity index (χ4n) is 5.16. The quantitative estimate of drug-likeness (QED) is 0.325. The molecular weight excluding hydrogens is 526 g/mol. The van der Waals surface area contributed by atoms with Crippen molar-refractivity contribution in [1.82, 2.24) is 19.9 Å². The lowest BCUT2D eigenvalue weighted by atomic mass is 10.1. The van der Waals surface area contributed by atoms with E-state index in [1.54, 1.807) is 48.2 Å². The Balaban J connectivity index is 1.54. The SMILES string of the molecule is CC(=O)N1CCCN(Cc2ccccc2)CCN(C(=O)c2c(-c3cccnc3)noc2C)Cc2cc(Cl)ccc21. The minimum atomic E-state index is -0.197. The third-order valence-electron chi connectivity index (χ3n) is 7.16. The number of rotatable bonds is 4. The third kappa shape index (κ3) is 6.24. The summed E-state index contributed by atoms with van der Waals surface area (Å²) in [4.78, 5) is 37.2. The molecule has 9 heteroatoms. The fraction of sp³-hybridized carbons (Fsp3) is 0.290. The Hall–Kier alpha value is -4.01. The first-order valence-corrected chi connectivity index (χ1v) is 13.8. The van der Waals surface area contributed by atoms with Crippen molar-refractivity contribution < 1.29 is 14.1 Å². The second-order valence-corrected chi connectivity index (χ2v) is 10.4. The molecule has 0 aliphatic carbocycles. The normalized spacial score (nSPS) is 14.9. The zero-order valence-corrected chi connectivity index (χ0v) is 23.5. The van der Waals surface area contributed by atoms with Gasteiger partial charge in [0.1, 0.15) is 17.0 Å². The number of pyridine rings is 1. The van der Waals surface area contributed by atoms with Crippen LogP contribution in [0.2, 0.25) is 5.02 Å². The van der Waals surface area contributed by atoms with Crippen LogP contribution in [-0.2, 0) is 17.9 Å². The Morgan fingerprint density at radius 2 is 1.82 bits per heavy atom. The molecule has 2 aromatic carbocycles. The van der Waals surface area contributed by atoms with E-state index in [4.69, 9.17) is 16.1 Å². The third-order valence-corrected chi connectivity index (χ3v) is 7.40. The fourth-order valence-corrected chi connectivity index (χ4v) is 5.35. The van der Waals surface area contributed by atoms with Gasteiger partial charge in [0.15, 0.2) is 0 Å². The number of fused-ring (bicyclic) bond motifs is 1. The Kier molecular flexibility index (Phi) is 8.57. The first kappa shape index (κ1) is 27.6. The summed E-state index contributed by atoms with van der Waals surface area (Å²) in [7, 11) is 0. The molecule has 0 atom stereocenters.